The molecule has 2 bridgehead atoms. The second-order valence-corrected chi connectivity index (χ2v) is 7.00. The first-order valence-electron chi connectivity index (χ1n) is 8.18. The molecule has 3 heterocycles. The smallest absolute Gasteiger partial charge is 0.255 e. The molecule has 4 rings (SSSR count). The highest BCUT2D eigenvalue weighted by Crippen LogP contribution is 2.30. The second-order valence-electron chi connectivity index (χ2n) is 6.60. The first-order valence-corrected chi connectivity index (χ1v) is 8.55. The van der Waals surface area contributed by atoms with Crippen molar-refractivity contribution < 1.29 is 4.79 Å². The van der Waals surface area contributed by atoms with Gasteiger partial charge in [0.25, 0.3) is 5.91 Å². The normalized spacial score (nSPS) is 25.7. The maximum atomic E-state index is 12.9. The van der Waals surface area contributed by atoms with Gasteiger partial charge in [-0.3, -0.25) is 4.79 Å². The fourth-order valence-electron chi connectivity index (χ4n) is 3.80. The Balaban J connectivity index is 1.53. The van der Waals surface area contributed by atoms with Crippen LogP contribution in [0.25, 0.3) is 5.69 Å². The molecule has 2 atom stereocenters. The van der Waals surface area contributed by atoms with E-state index in [1.807, 2.05) is 11.9 Å². The summed E-state index contributed by atoms with van der Waals surface area (Å²) >= 11 is 6.35. The van der Waals surface area contributed by atoms with Crippen molar-refractivity contribution in [3.8, 4) is 5.69 Å². The molecule has 1 N–H and O–H groups in total. The molecule has 2 unspecified atom stereocenters. The van der Waals surface area contributed by atoms with Crippen LogP contribution < -0.4 is 5.32 Å². The molecule has 2 aromatic rings. The first kappa shape index (κ1) is 15.5. The SMILES string of the molecule is CN(C(=O)c1ccc(-n2cnnn2)cc1Cl)C1CC2CCC(C1)N2. The second kappa shape index (κ2) is 6.14. The molecule has 1 aromatic heterocycles. The predicted molar refractivity (Wildman–Crippen MR) is 89.2 cm³/mol. The summed E-state index contributed by atoms with van der Waals surface area (Å²) in [4.78, 5) is 14.7. The molecule has 2 aliphatic heterocycles. The van der Waals surface area contributed by atoms with Crippen LogP contribution in [0.1, 0.15) is 36.0 Å². The van der Waals surface area contributed by atoms with Gasteiger partial charge >= 0.3 is 0 Å². The van der Waals surface area contributed by atoms with Crippen molar-refractivity contribution in [3.05, 3.63) is 35.1 Å². The van der Waals surface area contributed by atoms with Crippen LogP contribution in [0.15, 0.2) is 24.5 Å². The summed E-state index contributed by atoms with van der Waals surface area (Å²) < 4.78 is 1.51. The molecule has 7 nitrogen and oxygen atoms in total. The quantitative estimate of drug-likeness (QED) is 0.915. The molecule has 2 saturated heterocycles. The number of nitrogens with one attached hydrogen (secondary N) is 1. The average Bonchev–Trinajstić information content (AvgIpc) is 3.23. The zero-order valence-corrected chi connectivity index (χ0v) is 14.1. The van der Waals surface area contributed by atoms with Crippen molar-refractivity contribution in [2.75, 3.05) is 7.05 Å². The Hall–Kier alpha value is -1.99. The maximum absolute atomic E-state index is 12.9. The summed E-state index contributed by atoms with van der Waals surface area (Å²) in [6.07, 6.45) is 5.94. The average molecular weight is 347 g/mol. The minimum atomic E-state index is -0.0328. The number of aromatic nitrogens is 4. The molecule has 24 heavy (non-hydrogen) atoms. The topological polar surface area (TPSA) is 75.9 Å². The van der Waals surface area contributed by atoms with E-state index in [0.29, 0.717) is 22.7 Å². The zero-order chi connectivity index (χ0) is 16.7. The van der Waals surface area contributed by atoms with Crippen LogP contribution in [-0.4, -0.2) is 56.2 Å². The summed E-state index contributed by atoms with van der Waals surface area (Å²) in [5, 5.41) is 15.1. The van der Waals surface area contributed by atoms with Gasteiger partial charge in [-0.25, -0.2) is 4.68 Å². The molecule has 0 saturated carbocycles. The highest BCUT2D eigenvalue weighted by atomic mass is 35.5. The van der Waals surface area contributed by atoms with Crippen LogP contribution in [0.3, 0.4) is 0 Å². The van der Waals surface area contributed by atoms with E-state index >= 15 is 0 Å². The minimum absolute atomic E-state index is 0.0328. The molecule has 0 radical (unpaired) electrons. The van der Waals surface area contributed by atoms with Crippen LogP contribution in [0.5, 0.6) is 0 Å². The number of rotatable bonds is 3. The van der Waals surface area contributed by atoms with Crippen molar-refractivity contribution in [2.45, 2.75) is 43.8 Å². The molecule has 8 heteroatoms. The third kappa shape index (κ3) is 2.78. The maximum Gasteiger partial charge on any atom is 0.255 e. The highest BCUT2D eigenvalue weighted by molar-refractivity contribution is 6.34. The van der Waals surface area contributed by atoms with Crippen LogP contribution in [-0.2, 0) is 0 Å². The zero-order valence-electron chi connectivity index (χ0n) is 13.4. The van der Waals surface area contributed by atoms with Gasteiger partial charge in [-0.05, 0) is 54.3 Å². The summed E-state index contributed by atoms with van der Waals surface area (Å²) in [6, 6.07) is 6.61. The lowest BCUT2D eigenvalue weighted by Gasteiger charge is -2.35. The Bertz CT molecular complexity index is 737. The number of hydrogen-bond acceptors (Lipinski definition) is 5. The number of benzene rings is 1. The Labute approximate surface area is 145 Å². The van der Waals surface area contributed by atoms with Crippen LogP contribution >= 0.6 is 11.6 Å². The molecule has 0 aliphatic carbocycles. The van der Waals surface area contributed by atoms with Crippen molar-refractivity contribution >= 4 is 17.5 Å². The van der Waals surface area contributed by atoms with Gasteiger partial charge in [0.1, 0.15) is 6.33 Å². The van der Waals surface area contributed by atoms with E-state index in [1.165, 1.54) is 23.9 Å². The van der Waals surface area contributed by atoms with Gasteiger partial charge < -0.3 is 10.2 Å². The van der Waals surface area contributed by atoms with Gasteiger partial charge in [-0.15, -0.1) is 5.10 Å². The van der Waals surface area contributed by atoms with E-state index in [0.717, 1.165) is 18.5 Å². The number of hydrogen-bond donors (Lipinski definition) is 1. The fourth-order valence-corrected chi connectivity index (χ4v) is 4.05. The number of piperidine rings is 1. The molecular weight excluding hydrogens is 328 g/mol. The van der Waals surface area contributed by atoms with Gasteiger partial charge in [0.05, 0.1) is 16.3 Å². The van der Waals surface area contributed by atoms with Crippen LogP contribution in [0, 0.1) is 0 Å². The Kier molecular flexibility index (Phi) is 3.97. The van der Waals surface area contributed by atoms with Gasteiger partial charge in [-0.1, -0.05) is 11.6 Å². The molecular formula is C16H19ClN6O. The Morgan fingerprint density at radius 3 is 2.71 bits per heavy atom. The molecule has 126 valence electrons. The molecule has 2 fully saturated rings. The number of tetrazole rings is 1. The predicted octanol–water partition coefficient (Wildman–Crippen LogP) is 1.67. The van der Waals surface area contributed by atoms with Gasteiger partial charge in [0.2, 0.25) is 0 Å². The van der Waals surface area contributed by atoms with Gasteiger partial charge in [0, 0.05) is 25.2 Å². The third-order valence-electron chi connectivity index (χ3n) is 5.11. The fraction of sp³-hybridized carbons (Fsp3) is 0.500. The van der Waals surface area contributed by atoms with Gasteiger partial charge in [0.15, 0.2) is 0 Å². The standard InChI is InChI=1S/C16H19ClN6O/c1-22(13-6-10-2-3-11(7-13)19-10)16(24)14-5-4-12(8-15(14)17)23-9-18-20-21-23/h4-5,8-11,13,19H,2-3,6-7H2,1H3. The summed E-state index contributed by atoms with van der Waals surface area (Å²) in [5.74, 6) is -0.0328. The van der Waals surface area contributed by atoms with E-state index < -0.39 is 0 Å². The summed E-state index contributed by atoms with van der Waals surface area (Å²) in [6.45, 7) is 0. The van der Waals surface area contributed by atoms with Crippen LogP contribution in [0.4, 0.5) is 0 Å². The largest absolute Gasteiger partial charge is 0.339 e. The number of fused-ring (bicyclic) bond motifs is 2. The van der Waals surface area contributed by atoms with Crippen LogP contribution in [0.2, 0.25) is 5.02 Å². The number of halogens is 1. The first-order chi connectivity index (χ1) is 11.6. The summed E-state index contributed by atoms with van der Waals surface area (Å²) in [5.41, 5.74) is 1.24. The molecule has 1 amide bonds. The van der Waals surface area contributed by atoms with Crippen molar-refractivity contribution in [1.29, 1.82) is 0 Å². The number of carbonyl (C=O) groups excluding carboxylic acids is 1. The van der Waals surface area contributed by atoms with E-state index in [4.69, 9.17) is 11.6 Å². The van der Waals surface area contributed by atoms with Crippen molar-refractivity contribution in [1.82, 2.24) is 30.4 Å². The molecule has 2 aliphatic rings. The lowest BCUT2D eigenvalue weighted by Crippen LogP contribution is -2.48. The van der Waals surface area contributed by atoms with Gasteiger partial charge in [-0.2, -0.15) is 0 Å². The number of amides is 1. The van der Waals surface area contributed by atoms with Crippen molar-refractivity contribution in [2.24, 2.45) is 0 Å². The third-order valence-corrected chi connectivity index (χ3v) is 5.43. The number of carbonyl (C=O) groups is 1. The van der Waals surface area contributed by atoms with E-state index in [9.17, 15) is 4.79 Å². The highest BCUT2D eigenvalue weighted by Gasteiger charge is 2.36. The number of nitrogens with zero attached hydrogens (tertiary/aromatic N) is 5. The van der Waals surface area contributed by atoms with E-state index in [1.54, 1.807) is 18.2 Å². The van der Waals surface area contributed by atoms with E-state index in [-0.39, 0.29) is 11.9 Å². The monoisotopic (exact) mass is 346 g/mol. The minimum Gasteiger partial charge on any atom is -0.339 e. The molecule has 1 aromatic carbocycles. The Morgan fingerprint density at radius 2 is 2.08 bits per heavy atom. The van der Waals surface area contributed by atoms with E-state index in [2.05, 4.69) is 20.8 Å². The van der Waals surface area contributed by atoms with Crippen molar-refractivity contribution in [3.63, 3.8) is 0 Å². The lowest BCUT2D eigenvalue weighted by atomic mass is 9.98. The lowest BCUT2D eigenvalue weighted by molar-refractivity contribution is 0.0682. The summed E-state index contributed by atoms with van der Waals surface area (Å²) in [7, 11) is 1.88. The Morgan fingerprint density at radius 1 is 1.33 bits per heavy atom. The molecule has 0 spiro atoms.